The predicted molar refractivity (Wildman–Crippen MR) is 131 cm³/mol. The summed E-state index contributed by atoms with van der Waals surface area (Å²) in [5.41, 5.74) is 7.89. The van der Waals surface area contributed by atoms with Crippen molar-refractivity contribution in [1.82, 2.24) is 10.2 Å². The van der Waals surface area contributed by atoms with Crippen molar-refractivity contribution in [2.45, 2.75) is 36.9 Å². The Morgan fingerprint density at radius 2 is 2.19 bits per heavy atom. The van der Waals surface area contributed by atoms with Crippen LogP contribution in [0.3, 0.4) is 0 Å². The molecule has 0 aromatic carbocycles. The maximum absolute atomic E-state index is 12.5. The molecule has 3 heterocycles. The third-order valence-corrected chi connectivity index (χ3v) is 8.24. The minimum atomic E-state index is -0.200. The van der Waals surface area contributed by atoms with Crippen molar-refractivity contribution in [2.24, 2.45) is 0 Å². The smallest absolute Gasteiger partial charge is 0.235 e. The molecule has 3 aromatic rings. The van der Waals surface area contributed by atoms with E-state index < -0.39 is 0 Å². The van der Waals surface area contributed by atoms with E-state index in [0.717, 1.165) is 34.0 Å². The number of nitrogens with two attached hydrogens (primary N) is 1. The fourth-order valence-electron chi connectivity index (χ4n) is 3.52. The van der Waals surface area contributed by atoms with Crippen LogP contribution in [0.4, 0.5) is 10.1 Å². The van der Waals surface area contributed by atoms with Gasteiger partial charge in [-0.25, -0.2) is 0 Å². The molecular formula is C22H21N5O2S3. The largest absolute Gasteiger partial charge is 0.462 e. The number of carbonyl (C=O) groups excluding carboxylic acids is 1. The number of nitrogens with zero attached hydrogens (tertiary/aromatic N) is 3. The molecule has 0 saturated heterocycles. The molecule has 0 bridgehead atoms. The highest BCUT2D eigenvalue weighted by molar-refractivity contribution is 8.01. The van der Waals surface area contributed by atoms with Gasteiger partial charge in [0.2, 0.25) is 11.0 Å². The molecule has 164 valence electrons. The Bertz CT molecular complexity index is 1270. The average molecular weight is 484 g/mol. The lowest BCUT2D eigenvalue weighted by atomic mass is 9.77. The second kappa shape index (κ2) is 8.94. The maximum atomic E-state index is 12.5. The van der Waals surface area contributed by atoms with E-state index in [-0.39, 0.29) is 17.1 Å². The van der Waals surface area contributed by atoms with Crippen LogP contribution in [0.2, 0.25) is 0 Å². The summed E-state index contributed by atoms with van der Waals surface area (Å²) in [5, 5.41) is 21.4. The number of thioether (sulfide) groups is 1. The fourth-order valence-corrected chi connectivity index (χ4v) is 6.20. The SMILES string of the molecule is Cc1ccc(/C=C/C2=Cc3c(sc(NC(=O)CSc4nnc(N)s4)c3C#N)C(C)(C)C2)o1. The number of furan rings is 1. The molecule has 4 rings (SSSR count). The van der Waals surface area contributed by atoms with Crippen molar-refractivity contribution in [1.29, 1.82) is 5.26 Å². The highest BCUT2D eigenvalue weighted by Crippen LogP contribution is 2.47. The number of thiophene rings is 1. The first-order chi connectivity index (χ1) is 15.2. The molecule has 0 spiro atoms. The number of hydrogen-bond acceptors (Lipinski definition) is 9. The Kier molecular flexibility index (Phi) is 6.24. The molecule has 0 fully saturated rings. The zero-order chi connectivity index (χ0) is 22.9. The molecule has 0 atom stereocenters. The van der Waals surface area contributed by atoms with Crippen molar-refractivity contribution in [3.8, 4) is 6.07 Å². The van der Waals surface area contributed by atoms with Gasteiger partial charge < -0.3 is 15.5 Å². The molecule has 0 saturated carbocycles. The number of anilines is 2. The number of amides is 1. The first-order valence-electron chi connectivity index (χ1n) is 9.79. The number of allylic oxidation sites excluding steroid dienone is 2. The number of rotatable bonds is 6. The van der Waals surface area contributed by atoms with Crippen LogP contribution in [0.15, 0.2) is 32.5 Å². The quantitative estimate of drug-likeness (QED) is 0.447. The summed E-state index contributed by atoms with van der Waals surface area (Å²) in [5.74, 6) is 1.62. The van der Waals surface area contributed by atoms with Gasteiger partial charge in [-0.1, -0.05) is 43.0 Å². The molecule has 1 aliphatic rings. The molecule has 1 amide bonds. The lowest BCUT2D eigenvalue weighted by Gasteiger charge is -2.29. The number of hydrogen-bond donors (Lipinski definition) is 2. The summed E-state index contributed by atoms with van der Waals surface area (Å²) in [6.45, 7) is 6.22. The molecular weight excluding hydrogens is 462 g/mol. The Labute approximate surface area is 198 Å². The number of aromatic nitrogens is 2. The minimum Gasteiger partial charge on any atom is -0.462 e. The van der Waals surface area contributed by atoms with Gasteiger partial charge in [-0.2, -0.15) is 5.26 Å². The van der Waals surface area contributed by atoms with Crippen LogP contribution in [0.25, 0.3) is 12.2 Å². The van der Waals surface area contributed by atoms with Crippen LogP contribution < -0.4 is 11.1 Å². The van der Waals surface area contributed by atoms with E-state index in [1.54, 1.807) is 0 Å². The van der Waals surface area contributed by atoms with E-state index in [1.807, 2.05) is 37.3 Å². The van der Waals surface area contributed by atoms with Gasteiger partial charge in [0, 0.05) is 15.9 Å². The normalized spacial score (nSPS) is 14.8. The summed E-state index contributed by atoms with van der Waals surface area (Å²) in [6, 6.07) is 6.14. The monoisotopic (exact) mass is 483 g/mol. The van der Waals surface area contributed by atoms with Crippen molar-refractivity contribution in [2.75, 3.05) is 16.8 Å². The summed E-state index contributed by atoms with van der Waals surface area (Å²) < 4.78 is 6.25. The second-order valence-electron chi connectivity index (χ2n) is 7.97. The fraction of sp³-hybridized carbons (Fsp3) is 0.273. The van der Waals surface area contributed by atoms with Crippen LogP contribution in [0.1, 0.15) is 47.8 Å². The summed E-state index contributed by atoms with van der Waals surface area (Å²) in [4.78, 5) is 13.6. The van der Waals surface area contributed by atoms with E-state index in [1.165, 1.54) is 34.4 Å². The molecule has 3 aromatic heterocycles. The van der Waals surface area contributed by atoms with Crippen molar-refractivity contribution >= 4 is 62.6 Å². The summed E-state index contributed by atoms with van der Waals surface area (Å²) in [7, 11) is 0. The van der Waals surface area contributed by atoms with Crippen molar-refractivity contribution < 1.29 is 9.21 Å². The van der Waals surface area contributed by atoms with Crippen molar-refractivity contribution in [3.05, 3.63) is 51.3 Å². The lowest BCUT2D eigenvalue weighted by Crippen LogP contribution is -2.20. The van der Waals surface area contributed by atoms with E-state index in [2.05, 4.69) is 35.4 Å². The average Bonchev–Trinajstić information content (AvgIpc) is 3.43. The number of aryl methyl sites for hydroxylation is 1. The zero-order valence-electron chi connectivity index (χ0n) is 17.8. The Morgan fingerprint density at radius 1 is 1.38 bits per heavy atom. The van der Waals surface area contributed by atoms with Gasteiger partial charge in [-0.05, 0) is 43.2 Å². The number of nitrogens with one attached hydrogen (secondary N) is 1. The third kappa shape index (κ3) is 4.80. The van der Waals surface area contributed by atoms with Crippen LogP contribution >= 0.6 is 34.4 Å². The molecule has 7 nitrogen and oxygen atoms in total. The Morgan fingerprint density at radius 3 is 2.84 bits per heavy atom. The number of carbonyl (C=O) groups is 1. The van der Waals surface area contributed by atoms with E-state index in [4.69, 9.17) is 10.2 Å². The number of nitriles is 1. The van der Waals surface area contributed by atoms with Gasteiger partial charge in [0.05, 0.1) is 11.3 Å². The number of fused-ring (bicyclic) bond motifs is 1. The van der Waals surface area contributed by atoms with Crippen LogP contribution in [-0.2, 0) is 10.2 Å². The third-order valence-electron chi connectivity index (χ3n) is 4.87. The van der Waals surface area contributed by atoms with E-state index >= 15 is 0 Å². The highest BCUT2D eigenvalue weighted by atomic mass is 32.2. The standard InChI is InChI=1S/C22H21N5O2S3/c1-12-4-6-14(29-12)7-5-13-8-15-16(10-23)19(31-18(15)22(2,3)9-13)25-17(28)11-30-21-27-26-20(24)32-21/h4-8H,9,11H2,1-3H3,(H2,24,26)(H,25,28)/b7-5+. The van der Waals surface area contributed by atoms with Crippen molar-refractivity contribution in [3.63, 3.8) is 0 Å². The predicted octanol–water partition coefficient (Wildman–Crippen LogP) is 5.46. The van der Waals surface area contributed by atoms with Gasteiger partial charge >= 0.3 is 0 Å². The molecule has 3 N–H and O–H groups in total. The van der Waals surface area contributed by atoms with E-state index in [9.17, 15) is 10.1 Å². The van der Waals surface area contributed by atoms with E-state index in [0.29, 0.717) is 20.0 Å². The molecule has 1 aliphatic carbocycles. The van der Waals surface area contributed by atoms with Crippen LogP contribution in [-0.4, -0.2) is 21.9 Å². The lowest BCUT2D eigenvalue weighted by molar-refractivity contribution is -0.113. The maximum Gasteiger partial charge on any atom is 0.235 e. The van der Waals surface area contributed by atoms with Gasteiger partial charge in [-0.3, -0.25) is 4.79 Å². The first-order valence-corrected chi connectivity index (χ1v) is 12.4. The van der Waals surface area contributed by atoms with Crippen LogP contribution in [0.5, 0.6) is 0 Å². The molecule has 0 radical (unpaired) electrons. The van der Waals surface area contributed by atoms with Crippen LogP contribution in [0, 0.1) is 18.3 Å². The zero-order valence-corrected chi connectivity index (χ0v) is 20.2. The topological polar surface area (TPSA) is 118 Å². The molecule has 32 heavy (non-hydrogen) atoms. The molecule has 0 unspecified atom stereocenters. The van der Waals surface area contributed by atoms with Gasteiger partial charge in [-0.15, -0.1) is 21.5 Å². The Hall–Kier alpha value is -2.87. The van der Waals surface area contributed by atoms with Gasteiger partial charge in [0.25, 0.3) is 0 Å². The summed E-state index contributed by atoms with van der Waals surface area (Å²) in [6.07, 6.45) is 6.84. The molecule has 10 heteroatoms. The summed E-state index contributed by atoms with van der Waals surface area (Å²) >= 11 is 3.98. The molecule has 0 aliphatic heterocycles. The second-order valence-corrected chi connectivity index (χ2v) is 11.2. The van der Waals surface area contributed by atoms with Gasteiger partial charge in [0.15, 0.2) is 4.34 Å². The van der Waals surface area contributed by atoms with Gasteiger partial charge in [0.1, 0.15) is 22.6 Å². The number of nitrogen functional groups attached to an aromatic ring is 1. The Balaban J connectivity index is 1.56. The highest BCUT2D eigenvalue weighted by Gasteiger charge is 2.33. The first kappa shape index (κ1) is 22.3. The minimum absolute atomic E-state index is 0.165.